The van der Waals surface area contributed by atoms with Crippen molar-refractivity contribution >= 4 is 23.2 Å². The zero-order valence-electron chi connectivity index (χ0n) is 11.8. The first-order valence-corrected chi connectivity index (χ1v) is 8.06. The minimum Gasteiger partial charge on any atom is -0.388 e. The van der Waals surface area contributed by atoms with E-state index in [2.05, 4.69) is 5.32 Å². The zero-order chi connectivity index (χ0) is 14.4. The summed E-state index contributed by atoms with van der Waals surface area (Å²) in [7, 11) is 0. The lowest BCUT2D eigenvalue weighted by Gasteiger charge is -2.31. The fraction of sp³-hybridized carbons (Fsp3) is 0.438. The molecule has 1 aromatic rings. The molecule has 1 fully saturated rings. The van der Waals surface area contributed by atoms with Gasteiger partial charge in [-0.1, -0.05) is 30.3 Å². The van der Waals surface area contributed by atoms with E-state index in [-0.39, 0.29) is 5.91 Å². The molecule has 0 aromatic heterocycles. The fourth-order valence-corrected chi connectivity index (χ4v) is 3.46. The van der Waals surface area contributed by atoms with Crippen LogP contribution in [0, 0.1) is 0 Å². The molecule has 4 heteroatoms. The molecule has 0 unspecified atom stereocenters. The van der Waals surface area contributed by atoms with Crippen molar-refractivity contribution in [2.45, 2.75) is 25.4 Å². The van der Waals surface area contributed by atoms with Gasteiger partial charge in [0, 0.05) is 12.6 Å². The molecule has 0 radical (unpaired) electrons. The highest BCUT2D eigenvalue weighted by molar-refractivity contribution is 7.99. The van der Waals surface area contributed by atoms with Crippen LogP contribution in [0.15, 0.2) is 36.4 Å². The highest BCUT2D eigenvalue weighted by atomic mass is 32.2. The third-order valence-corrected chi connectivity index (χ3v) is 4.58. The van der Waals surface area contributed by atoms with Crippen LogP contribution in [-0.4, -0.2) is 34.7 Å². The van der Waals surface area contributed by atoms with Crippen LogP contribution in [0.4, 0.5) is 0 Å². The Morgan fingerprint density at radius 3 is 2.65 bits per heavy atom. The molecule has 20 heavy (non-hydrogen) atoms. The van der Waals surface area contributed by atoms with Crippen molar-refractivity contribution in [3.63, 3.8) is 0 Å². The average Bonchev–Trinajstić information content (AvgIpc) is 2.47. The van der Waals surface area contributed by atoms with Crippen molar-refractivity contribution < 1.29 is 9.90 Å². The monoisotopic (exact) mass is 291 g/mol. The number of rotatable bonds is 4. The van der Waals surface area contributed by atoms with E-state index in [0.717, 1.165) is 35.5 Å². The van der Waals surface area contributed by atoms with Crippen LogP contribution in [0.1, 0.15) is 25.3 Å². The van der Waals surface area contributed by atoms with Gasteiger partial charge in [-0.05, 0) is 42.4 Å². The molecular formula is C16H21NO2S. The summed E-state index contributed by atoms with van der Waals surface area (Å²) in [6.45, 7) is 2.26. The number of benzene rings is 1. The zero-order valence-corrected chi connectivity index (χ0v) is 12.6. The molecule has 1 aromatic carbocycles. The van der Waals surface area contributed by atoms with E-state index in [9.17, 15) is 9.90 Å². The highest BCUT2D eigenvalue weighted by Crippen LogP contribution is 2.26. The number of hydrogen-bond donors (Lipinski definition) is 2. The minimum absolute atomic E-state index is 0.141. The lowest BCUT2D eigenvalue weighted by molar-refractivity contribution is -0.117. The van der Waals surface area contributed by atoms with Gasteiger partial charge >= 0.3 is 0 Å². The summed E-state index contributed by atoms with van der Waals surface area (Å²) in [6.07, 6.45) is 3.09. The molecule has 0 atom stereocenters. The SMILES string of the molecule is C/C(=C/C(=O)NCC1(O)CCSCC1)c1ccccc1. The van der Waals surface area contributed by atoms with Crippen LogP contribution >= 0.6 is 11.8 Å². The lowest BCUT2D eigenvalue weighted by atomic mass is 9.97. The van der Waals surface area contributed by atoms with Crippen molar-refractivity contribution in [1.29, 1.82) is 0 Å². The van der Waals surface area contributed by atoms with E-state index >= 15 is 0 Å². The molecule has 3 nitrogen and oxygen atoms in total. The molecule has 108 valence electrons. The Balaban J connectivity index is 1.89. The van der Waals surface area contributed by atoms with Crippen molar-refractivity contribution in [3.8, 4) is 0 Å². The van der Waals surface area contributed by atoms with E-state index < -0.39 is 5.60 Å². The Morgan fingerprint density at radius 1 is 1.35 bits per heavy atom. The van der Waals surface area contributed by atoms with Gasteiger partial charge in [0.25, 0.3) is 0 Å². The van der Waals surface area contributed by atoms with Crippen LogP contribution in [0.3, 0.4) is 0 Å². The van der Waals surface area contributed by atoms with E-state index in [4.69, 9.17) is 0 Å². The predicted octanol–water partition coefficient (Wildman–Crippen LogP) is 2.46. The Labute approximate surface area is 124 Å². The van der Waals surface area contributed by atoms with Crippen molar-refractivity contribution in [1.82, 2.24) is 5.32 Å². The Morgan fingerprint density at radius 2 is 2.00 bits per heavy atom. The van der Waals surface area contributed by atoms with Gasteiger partial charge in [-0.3, -0.25) is 4.79 Å². The van der Waals surface area contributed by atoms with Crippen LogP contribution in [-0.2, 0) is 4.79 Å². The average molecular weight is 291 g/mol. The van der Waals surface area contributed by atoms with Gasteiger partial charge in [0.15, 0.2) is 0 Å². The number of allylic oxidation sites excluding steroid dienone is 1. The fourth-order valence-electron chi connectivity index (χ4n) is 2.21. The van der Waals surface area contributed by atoms with Gasteiger partial charge in [-0.2, -0.15) is 11.8 Å². The normalized spacial score (nSPS) is 18.6. The quantitative estimate of drug-likeness (QED) is 0.838. The van der Waals surface area contributed by atoms with Gasteiger partial charge in [0.1, 0.15) is 0 Å². The van der Waals surface area contributed by atoms with Gasteiger partial charge in [-0.15, -0.1) is 0 Å². The summed E-state index contributed by atoms with van der Waals surface area (Å²) >= 11 is 1.85. The summed E-state index contributed by atoms with van der Waals surface area (Å²) in [4.78, 5) is 11.9. The molecule has 1 amide bonds. The highest BCUT2D eigenvalue weighted by Gasteiger charge is 2.29. The number of carbonyl (C=O) groups excluding carboxylic acids is 1. The van der Waals surface area contributed by atoms with Crippen LogP contribution in [0.2, 0.25) is 0 Å². The van der Waals surface area contributed by atoms with Crippen LogP contribution in [0.25, 0.3) is 5.57 Å². The predicted molar refractivity (Wildman–Crippen MR) is 84.6 cm³/mol. The molecule has 0 spiro atoms. The Hall–Kier alpha value is -1.26. The Kier molecular flexibility index (Phi) is 5.26. The maximum Gasteiger partial charge on any atom is 0.244 e. The minimum atomic E-state index is -0.727. The summed E-state index contributed by atoms with van der Waals surface area (Å²) in [5.74, 6) is 1.79. The number of hydrogen-bond acceptors (Lipinski definition) is 3. The molecule has 0 aliphatic carbocycles. The molecular weight excluding hydrogens is 270 g/mol. The Bertz CT molecular complexity index is 479. The van der Waals surface area contributed by atoms with Gasteiger partial charge in [0.05, 0.1) is 5.60 Å². The third-order valence-electron chi connectivity index (χ3n) is 3.59. The maximum atomic E-state index is 11.9. The topological polar surface area (TPSA) is 49.3 Å². The smallest absolute Gasteiger partial charge is 0.244 e. The number of thioether (sulfide) groups is 1. The first-order valence-electron chi connectivity index (χ1n) is 6.91. The second-order valence-electron chi connectivity index (χ2n) is 5.25. The van der Waals surface area contributed by atoms with Gasteiger partial charge in [-0.25, -0.2) is 0 Å². The van der Waals surface area contributed by atoms with E-state index in [0.29, 0.717) is 6.54 Å². The first kappa shape index (κ1) is 15.1. The van der Waals surface area contributed by atoms with Crippen LogP contribution < -0.4 is 5.32 Å². The van der Waals surface area contributed by atoms with E-state index in [1.54, 1.807) is 6.08 Å². The number of nitrogens with one attached hydrogen (secondary N) is 1. The first-order chi connectivity index (χ1) is 9.59. The molecule has 1 aliphatic heterocycles. The summed E-state index contributed by atoms with van der Waals surface area (Å²) in [5, 5.41) is 13.1. The van der Waals surface area contributed by atoms with Gasteiger partial charge < -0.3 is 10.4 Å². The summed E-state index contributed by atoms with van der Waals surface area (Å²) in [6, 6.07) is 9.81. The third kappa shape index (κ3) is 4.39. The standard InChI is InChI=1S/C16H21NO2S/c1-13(14-5-3-2-4-6-14)11-15(18)17-12-16(19)7-9-20-10-8-16/h2-6,11,19H,7-10,12H2,1H3,(H,17,18)/b13-11-. The number of aliphatic hydroxyl groups is 1. The largest absolute Gasteiger partial charge is 0.388 e. The molecule has 0 saturated carbocycles. The van der Waals surface area contributed by atoms with E-state index in [1.165, 1.54) is 0 Å². The number of carbonyl (C=O) groups is 1. The summed E-state index contributed by atoms with van der Waals surface area (Å²) < 4.78 is 0. The second kappa shape index (κ2) is 6.95. The van der Waals surface area contributed by atoms with Crippen molar-refractivity contribution in [2.24, 2.45) is 0 Å². The molecule has 1 heterocycles. The molecule has 2 N–H and O–H groups in total. The molecule has 2 rings (SSSR count). The molecule has 1 aliphatic rings. The van der Waals surface area contributed by atoms with Crippen molar-refractivity contribution in [3.05, 3.63) is 42.0 Å². The van der Waals surface area contributed by atoms with E-state index in [1.807, 2.05) is 49.0 Å². The number of amides is 1. The summed E-state index contributed by atoms with van der Waals surface area (Å²) in [5.41, 5.74) is 1.24. The molecule has 0 bridgehead atoms. The molecule has 1 saturated heterocycles. The second-order valence-corrected chi connectivity index (χ2v) is 6.47. The van der Waals surface area contributed by atoms with Gasteiger partial charge in [0.2, 0.25) is 5.91 Å². The maximum absolute atomic E-state index is 11.9. The lowest BCUT2D eigenvalue weighted by Crippen LogP contribution is -2.45. The van der Waals surface area contributed by atoms with Crippen LogP contribution in [0.5, 0.6) is 0 Å². The van der Waals surface area contributed by atoms with Crippen molar-refractivity contribution in [2.75, 3.05) is 18.1 Å².